The Labute approximate surface area is 122 Å². The summed E-state index contributed by atoms with van der Waals surface area (Å²) in [7, 11) is 0. The van der Waals surface area contributed by atoms with E-state index < -0.39 is 11.4 Å². The van der Waals surface area contributed by atoms with Gasteiger partial charge in [0.1, 0.15) is 16.8 Å². The van der Waals surface area contributed by atoms with E-state index in [1.54, 1.807) is 34.8 Å². The van der Waals surface area contributed by atoms with Crippen LogP contribution in [0.3, 0.4) is 0 Å². The van der Waals surface area contributed by atoms with Crippen LogP contribution in [0.2, 0.25) is 0 Å². The zero-order valence-electron chi connectivity index (χ0n) is 9.81. The molecule has 2 aromatic heterocycles. The number of rotatable bonds is 5. The minimum absolute atomic E-state index is 0.375. The molecule has 0 saturated heterocycles. The molecule has 0 aliphatic heterocycles. The van der Waals surface area contributed by atoms with E-state index in [1.165, 1.54) is 11.5 Å². The second kappa shape index (κ2) is 7.30. The SMILES string of the molecule is O=C(/C=C/c1ccsc1)N[S+]([O-])/C=C\c1ccsc1. The quantitative estimate of drug-likeness (QED) is 0.681. The van der Waals surface area contributed by atoms with Crippen molar-refractivity contribution in [3.05, 3.63) is 56.3 Å². The van der Waals surface area contributed by atoms with Crippen molar-refractivity contribution >= 4 is 52.1 Å². The summed E-state index contributed by atoms with van der Waals surface area (Å²) in [6.07, 6.45) is 4.78. The highest BCUT2D eigenvalue weighted by molar-refractivity contribution is 7.93. The van der Waals surface area contributed by atoms with Gasteiger partial charge in [0, 0.05) is 6.08 Å². The second-order valence-corrected chi connectivity index (χ2v) is 6.14. The minimum atomic E-state index is -1.51. The Balaban J connectivity index is 1.82. The molecule has 0 bridgehead atoms. The summed E-state index contributed by atoms with van der Waals surface area (Å²) in [5.74, 6) is -0.375. The molecule has 2 rings (SSSR count). The lowest BCUT2D eigenvalue weighted by Gasteiger charge is -2.03. The summed E-state index contributed by atoms with van der Waals surface area (Å²) < 4.78 is 13.9. The lowest BCUT2D eigenvalue weighted by molar-refractivity contribution is -0.114. The third kappa shape index (κ3) is 5.04. The molecule has 0 fully saturated rings. The topological polar surface area (TPSA) is 52.2 Å². The molecule has 0 radical (unpaired) electrons. The first kappa shape index (κ1) is 14.1. The van der Waals surface area contributed by atoms with Crippen LogP contribution < -0.4 is 4.72 Å². The number of hydrogen-bond donors (Lipinski definition) is 1. The third-order valence-corrected chi connectivity index (χ3v) is 4.29. The summed E-state index contributed by atoms with van der Waals surface area (Å²) in [5, 5.41) is 9.19. The van der Waals surface area contributed by atoms with Crippen molar-refractivity contribution in [2.75, 3.05) is 0 Å². The van der Waals surface area contributed by atoms with Gasteiger partial charge in [-0.1, -0.05) is 0 Å². The summed E-state index contributed by atoms with van der Waals surface area (Å²) in [6.45, 7) is 0. The van der Waals surface area contributed by atoms with Gasteiger partial charge in [0.2, 0.25) is 0 Å². The highest BCUT2D eigenvalue weighted by Gasteiger charge is 2.05. The highest BCUT2D eigenvalue weighted by atomic mass is 32.2. The summed E-state index contributed by atoms with van der Waals surface area (Å²) >= 11 is 1.62. The van der Waals surface area contributed by atoms with Gasteiger partial charge in [-0.25, -0.2) is 0 Å². The maximum absolute atomic E-state index is 11.6. The zero-order chi connectivity index (χ0) is 13.5. The molecule has 1 amide bonds. The molecule has 98 valence electrons. The number of thiophene rings is 2. The van der Waals surface area contributed by atoms with Gasteiger partial charge in [-0.3, -0.25) is 4.79 Å². The monoisotopic (exact) mass is 309 g/mol. The normalized spacial score (nSPS) is 13.1. The van der Waals surface area contributed by atoms with Crippen molar-refractivity contribution in [1.29, 1.82) is 0 Å². The maximum Gasteiger partial charge on any atom is 0.285 e. The Bertz CT molecular complexity index is 559. The van der Waals surface area contributed by atoms with Crippen LogP contribution in [0.5, 0.6) is 0 Å². The van der Waals surface area contributed by atoms with Crippen LogP contribution in [0.25, 0.3) is 12.2 Å². The Morgan fingerprint density at radius 1 is 1.16 bits per heavy atom. The van der Waals surface area contributed by atoms with E-state index in [0.29, 0.717) is 0 Å². The van der Waals surface area contributed by atoms with Gasteiger partial charge in [0.05, 0.1) is 0 Å². The average molecular weight is 309 g/mol. The molecule has 0 aliphatic carbocycles. The molecule has 0 spiro atoms. The first-order valence-electron chi connectivity index (χ1n) is 5.36. The van der Waals surface area contributed by atoms with Gasteiger partial charge in [-0.15, -0.1) is 0 Å². The summed E-state index contributed by atoms with van der Waals surface area (Å²) in [5.41, 5.74) is 1.93. The largest absolute Gasteiger partial charge is 0.588 e. The summed E-state index contributed by atoms with van der Waals surface area (Å²) in [4.78, 5) is 11.5. The van der Waals surface area contributed by atoms with Gasteiger partial charge in [0.15, 0.2) is 0 Å². The smallest absolute Gasteiger partial charge is 0.285 e. The van der Waals surface area contributed by atoms with Gasteiger partial charge in [-0.2, -0.15) is 27.4 Å². The Morgan fingerprint density at radius 3 is 2.37 bits per heavy atom. The fourth-order valence-electron chi connectivity index (χ4n) is 1.22. The Morgan fingerprint density at radius 2 is 1.79 bits per heavy atom. The molecular weight excluding hydrogens is 298 g/mol. The fraction of sp³-hybridized carbons (Fsp3) is 0. The number of carbonyl (C=O) groups is 1. The number of amides is 1. The van der Waals surface area contributed by atoms with Crippen LogP contribution in [0, 0.1) is 0 Å². The van der Waals surface area contributed by atoms with Crippen molar-refractivity contribution in [1.82, 2.24) is 4.72 Å². The number of nitrogens with one attached hydrogen (secondary N) is 1. The molecule has 2 aromatic rings. The van der Waals surface area contributed by atoms with E-state index in [1.807, 2.05) is 33.7 Å². The molecule has 0 saturated carbocycles. The van der Waals surface area contributed by atoms with Gasteiger partial charge >= 0.3 is 0 Å². The molecule has 1 N–H and O–H groups in total. The second-order valence-electron chi connectivity index (χ2n) is 3.51. The van der Waals surface area contributed by atoms with E-state index in [2.05, 4.69) is 4.72 Å². The number of hydrogen-bond acceptors (Lipinski definition) is 4. The van der Waals surface area contributed by atoms with E-state index in [4.69, 9.17) is 0 Å². The van der Waals surface area contributed by atoms with Crippen LogP contribution in [0.4, 0.5) is 0 Å². The molecule has 0 aliphatic rings. The molecule has 19 heavy (non-hydrogen) atoms. The predicted molar refractivity (Wildman–Crippen MR) is 83.0 cm³/mol. The van der Waals surface area contributed by atoms with E-state index >= 15 is 0 Å². The minimum Gasteiger partial charge on any atom is -0.588 e. The zero-order valence-corrected chi connectivity index (χ0v) is 12.3. The van der Waals surface area contributed by atoms with Crippen LogP contribution >= 0.6 is 22.7 Å². The standard InChI is InChI=1S/C13H11NO2S3/c15-13(2-1-11-3-6-17-9-11)14-19(16)8-5-12-4-7-18-10-12/h1-10H,(H,14,15)/b2-1+,8-5-. The average Bonchev–Trinajstić information content (AvgIpc) is 3.07. The van der Waals surface area contributed by atoms with Crippen LogP contribution in [0.15, 0.2) is 45.1 Å². The van der Waals surface area contributed by atoms with Crippen molar-refractivity contribution in [3.63, 3.8) is 0 Å². The molecule has 3 nitrogen and oxygen atoms in total. The Hall–Kier alpha value is -1.34. The van der Waals surface area contributed by atoms with Crippen molar-refractivity contribution in [2.24, 2.45) is 0 Å². The van der Waals surface area contributed by atoms with Crippen LogP contribution in [-0.2, 0) is 16.2 Å². The lowest BCUT2D eigenvalue weighted by Crippen LogP contribution is -2.26. The van der Waals surface area contributed by atoms with Gasteiger partial charge in [0.25, 0.3) is 5.91 Å². The molecule has 6 heteroatoms. The maximum atomic E-state index is 11.6. The third-order valence-electron chi connectivity index (χ3n) is 2.10. The fourth-order valence-corrected chi connectivity index (χ4v) is 3.09. The van der Waals surface area contributed by atoms with E-state index in [0.717, 1.165) is 11.1 Å². The molecular formula is C13H11NO2S3. The van der Waals surface area contributed by atoms with E-state index in [9.17, 15) is 9.35 Å². The van der Waals surface area contributed by atoms with Crippen molar-refractivity contribution in [2.45, 2.75) is 0 Å². The molecule has 2 heterocycles. The van der Waals surface area contributed by atoms with Crippen molar-refractivity contribution in [3.8, 4) is 0 Å². The number of carbonyl (C=O) groups excluding carboxylic acids is 1. The van der Waals surface area contributed by atoms with Crippen LogP contribution in [-0.4, -0.2) is 10.5 Å². The van der Waals surface area contributed by atoms with E-state index in [-0.39, 0.29) is 5.91 Å². The summed E-state index contributed by atoms with van der Waals surface area (Å²) in [6, 6.07) is 3.82. The van der Waals surface area contributed by atoms with Gasteiger partial charge in [-0.05, 0) is 56.9 Å². The van der Waals surface area contributed by atoms with Gasteiger partial charge < -0.3 is 4.55 Å². The first-order valence-corrected chi connectivity index (χ1v) is 8.46. The van der Waals surface area contributed by atoms with Crippen LogP contribution in [0.1, 0.15) is 11.1 Å². The molecule has 1 unspecified atom stereocenters. The van der Waals surface area contributed by atoms with Crippen molar-refractivity contribution < 1.29 is 9.35 Å². The lowest BCUT2D eigenvalue weighted by atomic mass is 10.3. The molecule has 0 aromatic carbocycles. The molecule has 1 atom stereocenters. The highest BCUT2D eigenvalue weighted by Crippen LogP contribution is 2.09. The Kier molecular flexibility index (Phi) is 5.41. The first-order chi connectivity index (χ1) is 9.24. The predicted octanol–water partition coefficient (Wildman–Crippen LogP) is 3.27.